The number of hydrogen-bond donors (Lipinski definition) is 0. The van der Waals surface area contributed by atoms with Gasteiger partial charge in [0.1, 0.15) is 17.1 Å². The number of benzene rings is 2. The van der Waals surface area contributed by atoms with Gasteiger partial charge in [-0.25, -0.2) is 22.7 Å². The second-order valence-electron chi connectivity index (χ2n) is 8.62. The van der Waals surface area contributed by atoms with E-state index < -0.39 is 18.1 Å². The Labute approximate surface area is 204 Å². The van der Waals surface area contributed by atoms with E-state index in [-0.39, 0.29) is 54.6 Å². The average Bonchev–Trinajstić information content (AvgIpc) is 3.31. The molecule has 2 aromatic carbocycles. The number of carbonyl (C=O) groups is 2. The van der Waals surface area contributed by atoms with E-state index in [0.717, 1.165) is 10.1 Å². The molecule has 0 bridgehead atoms. The van der Waals surface area contributed by atoms with Crippen LogP contribution in [0.15, 0.2) is 60.8 Å². The van der Waals surface area contributed by atoms with Gasteiger partial charge in [0.15, 0.2) is 5.65 Å². The van der Waals surface area contributed by atoms with Crippen molar-refractivity contribution in [2.75, 3.05) is 26.2 Å². The predicted molar refractivity (Wildman–Crippen MR) is 126 cm³/mol. The lowest BCUT2D eigenvalue weighted by Gasteiger charge is -2.34. The van der Waals surface area contributed by atoms with Crippen LogP contribution in [0.4, 0.5) is 13.2 Å². The van der Waals surface area contributed by atoms with Gasteiger partial charge in [-0.1, -0.05) is 35.9 Å². The number of halogens is 3. The van der Waals surface area contributed by atoms with Crippen LogP contribution in [0.5, 0.6) is 0 Å². The molecule has 1 aliphatic rings. The van der Waals surface area contributed by atoms with Gasteiger partial charge in [0.2, 0.25) is 0 Å². The van der Waals surface area contributed by atoms with Gasteiger partial charge in [-0.3, -0.25) is 9.59 Å². The van der Waals surface area contributed by atoms with E-state index in [9.17, 15) is 22.8 Å². The Morgan fingerprint density at radius 2 is 1.58 bits per heavy atom. The largest absolute Gasteiger partial charge is 0.335 e. The first kappa shape index (κ1) is 23.5. The molecule has 36 heavy (non-hydrogen) atoms. The molecule has 0 atom stereocenters. The number of aromatic nitrogens is 3. The zero-order valence-electron chi connectivity index (χ0n) is 19.4. The molecule has 4 aromatic rings. The molecule has 0 unspecified atom stereocenters. The van der Waals surface area contributed by atoms with Crippen LogP contribution in [0.2, 0.25) is 0 Å². The van der Waals surface area contributed by atoms with Crippen molar-refractivity contribution < 1.29 is 22.8 Å². The Kier molecular flexibility index (Phi) is 6.17. The predicted octanol–water partition coefficient (Wildman–Crippen LogP) is 4.38. The molecule has 0 spiro atoms. The van der Waals surface area contributed by atoms with Crippen LogP contribution >= 0.6 is 0 Å². The number of carbonyl (C=O) groups excluding carboxylic acids is 2. The highest BCUT2D eigenvalue weighted by Gasteiger charge is 2.29. The van der Waals surface area contributed by atoms with Crippen molar-refractivity contribution in [1.82, 2.24) is 24.4 Å². The summed E-state index contributed by atoms with van der Waals surface area (Å²) in [6.07, 6.45) is -1.57. The second-order valence-corrected chi connectivity index (χ2v) is 8.62. The third-order valence-electron chi connectivity index (χ3n) is 6.23. The topological polar surface area (TPSA) is 70.8 Å². The van der Waals surface area contributed by atoms with E-state index >= 15 is 0 Å². The zero-order chi connectivity index (χ0) is 25.4. The normalized spacial score (nSPS) is 14.0. The summed E-state index contributed by atoms with van der Waals surface area (Å²) in [7, 11) is 0. The Balaban J connectivity index is 1.40. The molecule has 10 heteroatoms. The monoisotopic (exact) mass is 493 g/mol. The first-order valence-corrected chi connectivity index (χ1v) is 11.4. The maximum Gasteiger partial charge on any atom is 0.280 e. The molecule has 3 heterocycles. The van der Waals surface area contributed by atoms with Crippen molar-refractivity contribution in [3.05, 3.63) is 89.0 Å². The molecular weight excluding hydrogens is 471 g/mol. The van der Waals surface area contributed by atoms with E-state index in [4.69, 9.17) is 0 Å². The molecule has 1 fully saturated rings. The summed E-state index contributed by atoms with van der Waals surface area (Å²) in [5.74, 6) is -1.22. The number of nitrogens with zero attached hydrogens (tertiary/aromatic N) is 5. The number of hydrogen-bond acceptors (Lipinski definition) is 4. The summed E-state index contributed by atoms with van der Waals surface area (Å²) in [6.45, 7) is 2.90. The van der Waals surface area contributed by atoms with Crippen LogP contribution in [0.3, 0.4) is 0 Å². The van der Waals surface area contributed by atoms with Gasteiger partial charge in [0, 0.05) is 37.3 Å². The number of fused-ring (bicyclic) bond motifs is 1. The fourth-order valence-corrected chi connectivity index (χ4v) is 4.25. The molecule has 0 aliphatic carbocycles. The zero-order valence-corrected chi connectivity index (χ0v) is 19.4. The lowest BCUT2D eigenvalue weighted by atomic mass is 10.1. The molecular formula is C26H22F3N5O2. The van der Waals surface area contributed by atoms with Gasteiger partial charge in [-0.05, 0) is 31.2 Å². The minimum atomic E-state index is -2.82. The third-order valence-corrected chi connectivity index (χ3v) is 6.23. The molecule has 0 N–H and O–H groups in total. The molecule has 0 radical (unpaired) electrons. The quantitative estimate of drug-likeness (QED) is 0.423. The van der Waals surface area contributed by atoms with Crippen LogP contribution in [-0.2, 0) is 0 Å². The Bertz CT molecular complexity index is 1440. The summed E-state index contributed by atoms with van der Waals surface area (Å²) in [5.41, 5.74) is 2.02. The van der Waals surface area contributed by atoms with E-state index in [1.54, 1.807) is 23.1 Å². The summed E-state index contributed by atoms with van der Waals surface area (Å²) in [6, 6.07) is 14.0. The Morgan fingerprint density at radius 1 is 0.917 bits per heavy atom. The number of piperazine rings is 1. The second kappa shape index (κ2) is 9.44. The molecule has 2 amide bonds. The third kappa shape index (κ3) is 4.41. The fraction of sp³-hybridized carbons (Fsp3) is 0.231. The molecule has 1 aliphatic heterocycles. The SMILES string of the molecule is Cc1ccc(-c2cc(C(F)F)n3ncc(C(=O)N4CCN(C(=O)c5cccc(F)c5)CC4)c3n2)cc1. The average molecular weight is 493 g/mol. The number of alkyl halides is 2. The lowest BCUT2D eigenvalue weighted by molar-refractivity contribution is 0.0536. The molecule has 5 rings (SSSR count). The summed E-state index contributed by atoms with van der Waals surface area (Å²) < 4.78 is 42.2. The van der Waals surface area contributed by atoms with Gasteiger partial charge < -0.3 is 9.80 Å². The number of aryl methyl sites for hydroxylation is 1. The van der Waals surface area contributed by atoms with Crippen molar-refractivity contribution in [2.45, 2.75) is 13.3 Å². The lowest BCUT2D eigenvalue weighted by Crippen LogP contribution is -2.50. The van der Waals surface area contributed by atoms with Crippen LogP contribution in [-0.4, -0.2) is 62.4 Å². The van der Waals surface area contributed by atoms with Crippen LogP contribution < -0.4 is 0 Å². The van der Waals surface area contributed by atoms with Crippen molar-refractivity contribution >= 4 is 17.5 Å². The highest BCUT2D eigenvalue weighted by Crippen LogP contribution is 2.27. The van der Waals surface area contributed by atoms with Crippen molar-refractivity contribution in [3.8, 4) is 11.3 Å². The van der Waals surface area contributed by atoms with Crippen molar-refractivity contribution in [1.29, 1.82) is 0 Å². The minimum Gasteiger partial charge on any atom is -0.335 e. The smallest absolute Gasteiger partial charge is 0.280 e. The number of amides is 2. The first-order chi connectivity index (χ1) is 17.3. The molecule has 7 nitrogen and oxygen atoms in total. The van der Waals surface area contributed by atoms with E-state index in [1.165, 1.54) is 35.4 Å². The summed E-state index contributed by atoms with van der Waals surface area (Å²) in [5, 5.41) is 4.02. The first-order valence-electron chi connectivity index (χ1n) is 11.4. The Hall–Kier alpha value is -4.21. The van der Waals surface area contributed by atoms with Gasteiger partial charge in [-0.2, -0.15) is 5.10 Å². The highest BCUT2D eigenvalue weighted by molar-refractivity contribution is 6.00. The van der Waals surface area contributed by atoms with Gasteiger partial charge in [0.05, 0.1) is 11.9 Å². The maximum atomic E-state index is 13.9. The van der Waals surface area contributed by atoms with Gasteiger partial charge in [0.25, 0.3) is 18.2 Å². The highest BCUT2D eigenvalue weighted by atomic mass is 19.3. The summed E-state index contributed by atoms with van der Waals surface area (Å²) in [4.78, 5) is 33.6. The maximum absolute atomic E-state index is 13.9. The van der Waals surface area contributed by atoms with Crippen LogP contribution in [0.25, 0.3) is 16.9 Å². The van der Waals surface area contributed by atoms with Gasteiger partial charge >= 0.3 is 0 Å². The van der Waals surface area contributed by atoms with Crippen molar-refractivity contribution in [2.24, 2.45) is 0 Å². The molecule has 184 valence electrons. The van der Waals surface area contributed by atoms with Crippen LogP contribution in [0.1, 0.15) is 38.4 Å². The fourth-order valence-electron chi connectivity index (χ4n) is 4.25. The Morgan fingerprint density at radius 3 is 2.22 bits per heavy atom. The number of rotatable bonds is 4. The van der Waals surface area contributed by atoms with E-state index in [0.29, 0.717) is 11.3 Å². The minimum absolute atomic E-state index is 0.0478. The standard InChI is InChI=1S/C26H22F3N5O2/c1-16-5-7-17(8-6-16)21-14-22(23(28)29)34-24(31-21)20(15-30-34)26(36)33-11-9-32(10-12-33)25(35)18-3-2-4-19(27)13-18/h2-8,13-15,23H,9-12H2,1H3. The van der Waals surface area contributed by atoms with Crippen LogP contribution in [0, 0.1) is 12.7 Å². The molecule has 2 aromatic heterocycles. The molecule has 0 saturated carbocycles. The van der Waals surface area contributed by atoms with Crippen molar-refractivity contribution in [3.63, 3.8) is 0 Å². The van der Waals surface area contributed by atoms with E-state index in [2.05, 4.69) is 10.1 Å². The molecule has 1 saturated heterocycles. The summed E-state index contributed by atoms with van der Waals surface area (Å²) >= 11 is 0. The van der Waals surface area contributed by atoms with E-state index in [1.807, 2.05) is 19.1 Å². The van der Waals surface area contributed by atoms with Gasteiger partial charge in [-0.15, -0.1) is 0 Å².